The fraction of sp³-hybridized carbons (Fsp3) is 0.929. The van der Waals surface area contributed by atoms with E-state index in [9.17, 15) is 4.79 Å². The van der Waals surface area contributed by atoms with Crippen molar-refractivity contribution in [1.29, 1.82) is 0 Å². The van der Waals surface area contributed by atoms with Crippen LogP contribution in [0.4, 0.5) is 0 Å². The molecule has 1 aliphatic carbocycles. The Hall–Kier alpha value is -0.530. The van der Waals surface area contributed by atoms with Crippen LogP contribution in [0, 0.1) is 11.3 Å². The molecule has 0 bridgehead atoms. The van der Waals surface area contributed by atoms with Gasteiger partial charge in [0.05, 0.1) is 12.5 Å². The van der Waals surface area contributed by atoms with Crippen molar-refractivity contribution in [2.75, 3.05) is 6.61 Å². The van der Waals surface area contributed by atoms with Crippen LogP contribution in [-0.4, -0.2) is 12.6 Å². The first-order valence-electron chi connectivity index (χ1n) is 6.86. The van der Waals surface area contributed by atoms with E-state index in [-0.39, 0.29) is 11.9 Å². The number of hydrogen-bond donors (Lipinski definition) is 0. The molecular formula is C14H26O2. The fourth-order valence-electron chi connectivity index (χ4n) is 2.67. The maximum absolute atomic E-state index is 11.6. The summed E-state index contributed by atoms with van der Waals surface area (Å²) in [6, 6.07) is 0. The molecular weight excluding hydrogens is 200 g/mol. The van der Waals surface area contributed by atoms with Crippen molar-refractivity contribution < 1.29 is 9.53 Å². The average Bonchev–Trinajstić information content (AvgIpc) is 3.01. The molecule has 0 unspecified atom stereocenters. The second-order valence-electron chi connectivity index (χ2n) is 5.04. The van der Waals surface area contributed by atoms with Gasteiger partial charge in [-0.25, -0.2) is 0 Å². The largest absolute Gasteiger partial charge is 0.466 e. The number of esters is 1. The molecule has 2 nitrogen and oxygen atoms in total. The van der Waals surface area contributed by atoms with Crippen molar-refractivity contribution in [1.82, 2.24) is 0 Å². The number of carbonyl (C=O) groups is 1. The van der Waals surface area contributed by atoms with Crippen LogP contribution in [0.3, 0.4) is 0 Å². The summed E-state index contributed by atoms with van der Waals surface area (Å²) in [7, 11) is 0. The van der Waals surface area contributed by atoms with E-state index in [4.69, 9.17) is 4.74 Å². The molecule has 1 saturated carbocycles. The zero-order valence-corrected chi connectivity index (χ0v) is 11.1. The maximum atomic E-state index is 11.6. The van der Waals surface area contributed by atoms with Gasteiger partial charge in [-0.05, 0) is 31.6 Å². The highest BCUT2D eigenvalue weighted by atomic mass is 16.5. The summed E-state index contributed by atoms with van der Waals surface area (Å²) in [6.07, 6.45) is 8.60. The molecule has 0 heterocycles. The number of ether oxygens (including phenoxy) is 1. The van der Waals surface area contributed by atoms with Crippen molar-refractivity contribution in [3.05, 3.63) is 0 Å². The van der Waals surface area contributed by atoms with Gasteiger partial charge in [0.2, 0.25) is 0 Å². The summed E-state index contributed by atoms with van der Waals surface area (Å²) in [5, 5.41) is 0. The van der Waals surface area contributed by atoms with Gasteiger partial charge in [-0.3, -0.25) is 4.79 Å². The first-order chi connectivity index (χ1) is 7.70. The molecule has 0 aromatic rings. The summed E-state index contributed by atoms with van der Waals surface area (Å²) in [5.41, 5.74) is 0.306. The second-order valence-corrected chi connectivity index (χ2v) is 5.04. The van der Waals surface area contributed by atoms with Crippen molar-refractivity contribution in [3.8, 4) is 0 Å². The molecule has 1 rings (SSSR count). The van der Waals surface area contributed by atoms with E-state index in [1.807, 2.05) is 6.92 Å². The Morgan fingerprint density at radius 1 is 1.25 bits per heavy atom. The molecule has 0 spiro atoms. The first kappa shape index (κ1) is 13.5. The second kappa shape index (κ2) is 6.27. The maximum Gasteiger partial charge on any atom is 0.309 e. The van der Waals surface area contributed by atoms with E-state index in [2.05, 4.69) is 13.8 Å². The van der Waals surface area contributed by atoms with Gasteiger partial charge in [-0.2, -0.15) is 0 Å². The summed E-state index contributed by atoms with van der Waals surface area (Å²) in [4.78, 5) is 11.6. The third-order valence-electron chi connectivity index (χ3n) is 3.99. The lowest BCUT2D eigenvalue weighted by Gasteiger charge is -2.14. The van der Waals surface area contributed by atoms with E-state index >= 15 is 0 Å². The van der Waals surface area contributed by atoms with Crippen LogP contribution in [0.15, 0.2) is 0 Å². The number of hydrogen-bond acceptors (Lipinski definition) is 2. The molecule has 0 aliphatic heterocycles. The fourth-order valence-corrected chi connectivity index (χ4v) is 2.67. The van der Waals surface area contributed by atoms with E-state index in [1.54, 1.807) is 0 Å². The van der Waals surface area contributed by atoms with E-state index in [0.717, 1.165) is 12.8 Å². The Bertz CT molecular complexity index is 225. The molecule has 0 aromatic carbocycles. The summed E-state index contributed by atoms with van der Waals surface area (Å²) in [5.74, 6) is 0.249. The Balaban J connectivity index is 2.29. The zero-order chi connectivity index (χ0) is 12.0. The third kappa shape index (κ3) is 3.23. The van der Waals surface area contributed by atoms with E-state index in [0.29, 0.717) is 12.0 Å². The van der Waals surface area contributed by atoms with Crippen LogP contribution in [0.25, 0.3) is 0 Å². The zero-order valence-electron chi connectivity index (χ0n) is 11.1. The molecule has 0 amide bonds. The van der Waals surface area contributed by atoms with Crippen molar-refractivity contribution >= 4 is 5.97 Å². The van der Waals surface area contributed by atoms with Gasteiger partial charge in [0.25, 0.3) is 0 Å². The monoisotopic (exact) mass is 226 g/mol. The van der Waals surface area contributed by atoms with Gasteiger partial charge in [0, 0.05) is 0 Å². The molecule has 2 heteroatoms. The van der Waals surface area contributed by atoms with Crippen LogP contribution >= 0.6 is 0 Å². The SMILES string of the molecule is CCCCCC[C@@]1(CC)C[C@@H]1C(=O)OCC. The van der Waals surface area contributed by atoms with Crippen LogP contribution in [0.1, 0.15) is 65.7 Å². The Labute approximate surface area is 99.8 Å². The lowest BCUT2D eigenvalue weighted by molar-refractivity contribution is -0.145. The Morgan fingerprint density at radius 3 is 2.56 bits per heavy atom. The highest BCUT2D eigenvalue weighted by Crippen LogP contribution is 2.59. The predicted octanol–water partition coefficient (Wildman–Crippen LogP) is 3.94. The molecule has 0 aromatic heterocycles. The summed E-state index contributed by atoms with van der Waals surface area (Å²) >= 11 is 0. The minimum Gasteiger partial charge on any atom is -0.466 e. The molecule has 1 fully saturated rings. The van der Waals surface area contributed by atoms with E-state index < -0.39 is 0 Å². The van der Waals surface area contributed by atoms with Gasteiger partial charge >= 0.3 is 5.97 Å². The van der Waals surface area contributed by atoms with Crippen molar-refractivity contribution in [2.45, 2.75) is 65.7 Å². The van der Waals surface area contributed by atoms with Gasteiger partial charge in [0.15, 0.2) is 0 Å². The van der Waals surface area contributed by atoms with Gasteiger partial charge in [-0.1, -0.05) is 39.5 Å². The van der Waals surface area contributed by atoms with Crippen LogP contribution in [-0.2, 0) is 9.53 Å². The average molecular weight is 226 g/mol. The lowest BCUT2D eigenvalue weighted by atomic mass is 9.92. The van der Waals surface area contributed by atoms with Gasteiger partial charge in [0.1, 0.15) is 0 Å². The third-order valence-corrected chi connectivity index (χ3v) is 3.99. The highest BCUT2D eigenvalue weighted by molar-refractivity contribution is 5.76. The highest BCUT2D eigenvalue weighted by Gasteiger charge is 2.56. The molecule has 2 atom stereocenters. The first-order valence-corrected chi connectivity index (χ1v) is 6.86. The van der Waals surface area contributed by atoms with Crippen molar-refractivity contribution in [2.24, 2.45) is 11.3 Å². The minimum absolute atomic E-state index is 0.0415. The number of carbonyl (C=O) groups excluding carboxylic acids is 1. The minimum atomic E-state index is 0.0415. The van der Waals surface area contributed by atoms with Gasteiger partial charge in [-0.15, -0.1) is 0 Å². The molecule has 0 saturated heterocycles. The van der Waals surface area contributed by atoms with Crippen LogP contribution in [0.2, 0.25) is 0 Å². The lowest BCUT2D eigenvalue weighted by Crippen LogP contribution is -2.13. The number of unbranched alkanes of at least 4 members (excludes halogenated alkanes) is 3. The van der Waals surface area contributed by atoms with Crippen LogP contribution in [0.5, 0.6) is 0 Å². The normalized spacial score (nSPS) is 27.8. The van der Waals surface area contributed by atoms with Gasteiger partial charge < -0.3 is 4.74 Å². The predicted molar refractivity (Wildman–Crippen MR) is 66.2 cm³/mol. The summed E-state index contributed by atoms with van der Waals surface area (Å²) < 4.78 is 5.11. The van der Waals surface area contributed by atoms with Crippen LogP contribution < -0.4 is 0 Å². The number of rotatable bonds is 8. The molecule has 0 radical (unpaired) electrons. The van der Waals surface area contributed by atoms with Crippen molar-refractivity contribution in [3.63, 3.8) is 0 Å². The molecule has 16 heavy (non-hydrogen) atoms. The Kier molecular flexibility index (Phi) is 5.30. The molecule has 0 N–H and O–H groups in total. The smallest absolute Gasteiger partial charge is 0.309 e. The summed E-state index contributed by atoms with van der Waals surface area (Å²) in [6.45, 7) is 6.84. The topological polar surface area (TPSA) is 26.3 Å². The molecule has 94 valence electrons. The quantitative estimate of drug-likeness (QED) is 0.463. The Morgan fingerprint density at radius 2 is 2.00 bits per heavy atom. The van der Waals surface area contributed by atoms with E-state index in [1.165, 1.54) is 32.1 Å². The molecule has 1 aliphatic rings. The standard InChI is InChI=1S/C14H26O2/c1-4-7-8-9-10-14(5-2)11-12(14)13(15)16-6-3/h12H,4-11H2,1-3H3/t12-,14+/m1/s1.